The van der Waals surface area contributed by atoms with Crippen molar-refractivity contribution in [3.63, 3.8) is 0 Å². The van der Waals surface area contributed by atoms with Crippen molar-refractivity contribution < 1.29 is 23.1 Å². The largest absolute Gasteiger partial charge is 0.496 e. The Morgan fingerprint density at radius 2 is 1.96 bits per heavy atom. The molecule has 5 heterocycles. The maximum Gasteiger partial charge on any atom is 0.434 e. The van der Waals surface area contributed by atoms with Crippen LogP contribution < -0.4 is 21.1 Å². The van der Waals surface area contributed by atoms with Crippen molar-refractivity contribution in [2.45, 2.75) is 65.0 Å². The maximum absolute atomic E-state index is 14.3. The van der Waals surface area contributed by atoms with E-state index >= 15 is 0 Å². The molecule has 0 spiro atoms. The molecule has 0 unspecified atom stereocenters. The Labute approximate surface area is 315 Å². The van der Waals surface area contributed by atoms with Crippen molar-refractivity contribution in [2.75, 3.05) is 25.6 Å². The van der Waals surface area contributed by atoms with Gasteiger partial charge in [-0.3, -0.25) is 4.98 Å². The third-order valence-corrected chi connectivity index (χ3v) is 11.8. The zero-order chi connectivity index (χ0) is 37.6. The van der Waals surface area contributed by atoms with Gasteiger partial charge in [-0.2, -0.15) is 0 Å². The summed E-state index contributed by atoms with van der Waals surface area (Å²) in [7, 11) is 1.70. The lowest BCUT2D eigenvalue weighted by atomic mass is 9.80. The summed E-state index contributed by atoms with van der Waals surface area (Å²) in [5, 5.41) is 14.9. The minimum Gasteiger partial charge on any atom is -0.496 e. The first kappa shape index (κ1) is 35.6. The predicted octanol–water partition coefficient (Wildman–Crippen LogP) is 7.97. The third-order valence-electron chi connectivity index (χ3n) is 10.6. The van der Waals surface area contributed by atoms with Gasteiger partial charge < -0.3 is 24.5 Å². The van der Waals surface area contributed by atoms with Gasteiger partial charge in [-0.05, 0) is 103 Å². The van der Waals surface area contributed by atoms with Gasteiger partial charge in [0, 0.05) is 16.6 Å². The average Bonchev–Trinajstić information content (AvgIpc) is 3.97. The van der Waals surface area contributed by atoms with Gasteiger partial charge in [0.05, 0.1) is 53.0 Å². The first-order chi connectivity index (χ1) is 26.1. The summed E-state index contributed by atoms with van der Waals surface area (Å²) in [5.74, 6) is 0.0282. The highest BCUT2D eigenvalue weighted by Gasteiger charge is 2.41. The van der Waals surface area contributed by atoms with E-state index in [0.717, 1.165) is 57.9 Å². The second-order valence-corrected chi connectivity index (χ2v) is 15.5. The maximum atomic E-state index is 14.3. The first-order valence-electron chi connectivity index (χ1n) is 18.2. The van der Waals surface area contributed by atoms with Gasteiger partial charge in [0.25, 0.3) is 5.89 Å². The number of benzene rings is 2. The molecule has 278 valence electrons. The number of esters is 1. The molecule has 2 aromatic carbocycles. The molecule has 0 saturated carbocycles. The molecule has 11 nitrogen and oxygen atoms in total. The van der Waals surface area contributed by atoms with Gasteiger partial charge in [-0.25, -0.2) is 24.1 Å². The number of aromatic amines is 1. The predicted molar refractivity (Wildman–Crippen MR) is 206 cm³/mol. The first-order valence-corrected chi connectivity index (χ1v) is 19.1. The molecule has 54 heavy (non-hydrogen) atoms. The van der Waals surface area contributed by atoms with E-state index in [1.807, 2.05) is 24.3 Å². The Balaban J connectivity index is 1.34. The average molecular weight is 749 g/mol. The standard InChI is InChI=1S/C41H41FN6O5S/c1-5-52-39(49)33-32(30-21-23-17-19-44-37(35(23)54-30)46-27-16-14-26-25(27)7-6-8-29(26)51-4)31(38-47-48-40(50)53-38)28(15-11-22-9-12-24(42)13-10-22)45-34(33)36-41(2,3)18-20-43-36/h6-10,12-13,17,19,21,27,36,43H,5,11,14-16,18,20H2,1-4H3,(H,44,46)(H,48,50)/t27-,36-/m1/s1. The molecule has 1 aliphatic heterocycles. The normalized spacial score (nSPS) is 17.5. The zero-order valence-electron chi connectivity index (χ0n) is 30.5. The fraction of sp³-hybridized carbons (Fsp3) is 0.341. The number of methoxy groups -OCH3 is 1. The monoisotopic (exact) mass is 748 g/mol. The van der Waals surface area contributed by atoms with Crippen molar-refractivity contribution >= 4 is 33.2 Å². The summed E-state index contributed by atoms with van der Waals surface area (Å²) in [6, 6.07) is 16.2. The number of carbonyl (C=O) groups is 1. The van der Waals surface area contributed by atoms with Crippen LogP contribution in [0.25, 0.3) is 32.0 Å². The zero-order valence-corrected chi connectivity index (χ0v) is 31.4. The summed E-state index contributed by atoms with van der Waals surface area (Å²) in [6.07, 6.45) is 5.31. The molecule has 1 fully saturated rings. The second kappa shape index (κ2) is 14.4. The number of thiophene rings is 1. The Kier molecular flexibility index (Phi) is 9.53. The molecule has 13 heteroatoms. The topological polar surface area (TPSA) is 144 Å². The number of hydrogen-bond donors (Lipinski definition) is 3. The third kappa shape index (κ3) is 6.55. The number of H-pyrrole nitrogens is 1. The number of rotatable bonds is 11. The molecule has 4 aromatic heterocycles. The minimum absolute atomic E-state index is 0.0118. The molecule has 0 radical (unpaired) electrons. The number of pyridine rings is 2. The van der Waals surface area contributed by atoms with Gasteiger partial charge in [0.15, 0.2) is 0 Å². The van der Waals surface area contributed by atoms with Crippen LogP contribution in [0, 0.1) is 11.2 Å². The molecule has 1 aliphatic carbocycles. The number of carbonyl (C=O) groups excluding carboxylic acids is 1. The number of nitrogens with one attached hydrogen (secondary N) is 3. The van der Waals surface area contributed by atoms with Crippen molar-refractivity contribution in [3.8, 4) is 27.6 Å². The van der Waals surface area contributed by atoms with Crippen molar-refractivity contribution in [1.82, 2.24) is 25.5 Å². The summed E-state index contributed by atoms with van der Waals surface area (Å²) in [5.41, 5.74) is 5.42. The molecule has 0 amide bonds. The molecule has 0 bridgehead atoms. The second-order valence-electron chi connectivity index (χ2n) is 14.4. The van der Waals surface area contributed by atoms with Gasteiger partial charge >= 0.3 is 11.7 Å². The highest BCUT2D eigenvalue weighted by molar-refractivity contribution is 7.23. The fourth-order valence-electron chi connectivity index (χ4n) is 7.93. The Morgan fingerprint density at radius 3 is 2.69 bits per heavy atom. The van der Waals surface area contributed by atoms with Crippen molar-refractivity contribution in [1.29, 1.82) is 0 Å². The van der Waals surface area contributed by atoms with E-state index in [1.54, 1.807) is 32.4 Å². The number of nitrogens with zero attached hydrogens (tertiary/aromatic N) is 3. The van der Waals surface area contributed by atoms with Crippen LogP contribution in [0.2, 0.25) is 0 Å². The van der Waals surface area contributed by atoms with Gasteiger partial charge in [0.2, 0.25) is 0 Å². The Hall–Kier alpha value is -5.40. The van der Waals surface area contributed by atoms with E-state index in [4.69, 9.17) is 23.9 Å². The molecule has 3 N–H and O–H groups in total. The molecule has 8 rings (SSSR count). The molecule has 6 aromatic rings. The van der Waals surface area contributed by atoms with Crippen LogP contribution in [-0.2, 0) is 24.0 Å². The SMILES string of the molecule is CCOC(=O)c1c([C@H]2NCCC2(C)C)nc(CCc2ccc(F)cc2)c(-c2n[nH]c(=O)o2)c1-c1cc2ccnc(N[C@@H]3CCc4c(OC)cccc43)c2s1. The fourth-order valence-corrected chi connectivity index (χ4v) is 9.09. The number of aromatic nitrogens is 4. The molecule has 2 aliphatic rings. The smallest absolute Gasteiger partial charge is 0.434 e. The van der Waals surface area contributed by atoms with Crippen LogP contribution in [0.5, 0.6) is 5.75 Å². The van der Waals surface area contributed by atoms with Crippen LogP contribution in [0.3, 0.4) is 0 Å². The number of halogens is 1. The lowest BCUT2D eigenvalue weighted by molar-refractivity contribution is 0.0523. The number of aryl methyl sites for hydroxylation is 2. The highest BCUT2D eigenvalue weighted by atomic mass is 32.1. The number of hydrogen-bond acceptors (Lipinski definition) is 11. The van der Waals surface area contributed by atoms with E-state index in [2.05, 4.69) is 40.7 Å². The summed E-state index contributed by atoms with van der Waals surface area (Å²) in [4.78, 5) is 37.7. The number of ether oxygens (including phenoxy) is 2. The summed E-state index contributed by atoms with van der Waals surface area (Å²) >= 11 is 1.49. The Morgan fingerprint density at radius 1 is 1.13 bits per heavy atom. The lowest BCUT2D eigenvalue weighted by Crippen LogP contribution is -2.28. The van der Waals surface area contributed by atoms with Crippen LogP contribution in [-0.4, -0.2) is 46.4 Å². The van der Waals surface area contributed by atoms with Crippen molar-refractivity contribution in [3.05, 3.63) is 111 Å². The summed E-state index contributed by atoms with van der Waals surface area (Å²) in [6.45, 7) is 6.99. The molecular weight excluding hydrogens is 708 g/mol. The van der Waals surface area contributed by atoms with Crippen LogP contribution in [0.15, 0.2) is 70.0 Å². The lowest BCUT2D eigenvalue weighted by Gasteiger charge is -2.29. The van der Waals surface area contributed by atoms with Crippen molar-refractivity contribution in [2.24, 2.45) is 5.41 Å². The Bertz CT molecular complexity index is 2420. The molecule has 1 saturated heterocycles. The molecular formula is C41H41FN6O5S. The number of anilines is 1. The van der Waals surface area contributed by atoms with Crippen LogP contribution in [0.1, 0.15) is 84.1 Å². The van der Waals surface area contributed by atoms with Gasteiger partial charge in [0.1, 0.15) is 17.4 Å². The minimum atomic E-state index is -0.735. The highest BCUT2D eigenvalue weighted by Crippen LogP contribution is 2.49. The quantitative estimate of drug-likeness (QED) is 0.112. The molecule has 2 atom stereocenters. The van der Waals surface area contributed by atoms with Crippen LogP contribution >= 0.6 is 11.3 Å². The number of fused-ring (bicyclic) bond motifs is 2. The van der Waals surface area contributed by atoms with Gasteiger partial charge in [-0.1, -0.05) is 38.1 Å². The summed E-state index contributed by atoms with van der Waals surface area (Å²) < 4.78 is 31.9. The van der Waals surface area contributed by atoms with Crippen LogP contribution in [0.4, 0.5) is 10.2 Å². The van der Waals surface area contributed by atoms with E-state index in [0.29, 0.717) is 40.9 Å². The van der Waals surface area contributed by atoms with E-state index < -0.39 is 11.7 Å². The van der Waals surface area contributed by atoms with E-state index in [-0.39, 0.29) is 35.8 Å². The van der Waals surface area contributed by atoms with Gasteiger partial charge in [-0.15, -0.1) is 16.4 Å². The van der Waals surface area contributed by atoms with E-state index in [1.165, 1.54) is 34.6 Å². The van der Waals surface area contributed by atoms with E-state index in [9.17, 15) is 14.0 Å².